The molecule has 1 aromatic heterocycles. The topological polar surface area (TPSA) is 62.0 Å². The summed E-state index contributed by atoms with van der Waals surface area (Å²) in [7, 11) is 3.82. The van der Waals surface area contributed by atoms with E-state index in [9.17, 15) is 5.11 Å². The fourth-order valence-electron chi connectivity index (χ4n) is 2.82. The van der Waals surface area contributed by atoms with Crippen molar-refractivity contribution < 1.29 is 14.3 Å². The number of hydrogen-bond donors (Lipinski definition) is 1. The Morgan fingerprint density at radius 3 is 2.52 bits per heavy atom. The second-order valence-electron chi connectivity index (χ2n) is 5.90. The molecule has 1 aromatic carbocycles. The van der Waals surface area contributed by atoms with Crippen LogP contribution < -0.4 is 4.90 Å². The summed E-state index contributed by atoms with van der Waals surface area (Å²) in [6, 6.07) is 9.25. The molecule has 0 bridgehead atoms. The van der Waals surface area contributed by atoms with Crippen molar-refractivity contribution in [3.05, 3.63) is 48.0 Å². The molecule has 1 saturated heterocycles. The molecule has 124 valence electrons. The van der Waals surface area contributed by atoms with Crippen LogP contribution in [0.2, 0.25) is 0 Å². The number of aliphatic hydroxyl groups excluding tert-OH is 1. The van der Waals surface area contributed by atoms with Crippen molar-refractivity contribution in [1.82, 2.24) is 9.88 Å². The van der Waals surface area contributed by atoms with Crippen LogP contribution in [-0.2, 0) is 4.74 Å². The lowest BCUT2D eigenvalue weighted by atomic mass is 10.0. The van der Waals surface area contributed by atoms with Gasteiger partial charge in [-0.3, -0.25) is 4.90 Å². The molecular formula is C17H23N3O3. The number of aromatic nitrogens is 1. The van der Waals surface area contributed by atoms with Crippen LogP contribution in [0.1, 0.15) is 23.6 Å². The number of aliphatic hydroxyl groups is 1. The van der Waals surface area contributed by atoms with Crippen LogP contribution in [0.15, 0.2) is 40.9 Å². The zero-order chi connectivity index (χ0) is 16.2. The molecule has 6 heteroatoms. The third kappa shape index (κ3) is 3.55. The first-order valence-electron chi connectivity index (χ1n) is 7.84. The lowest BCUT2D eigenvalue weighted by molar-refractivity contribution is 0.0595. The third-order valence-electron chi connectivity index (χ3n) is 4.08. The summed E-state index contributed by atoms with van der Waals surface area (Å²) in [5, 5.41) is 10.7. The Balaban J connectivity index is 1.82. The van der Waals surface area contributed by atoms with Crippen LogP contribution in [0.4, 0.5) is 5.88 Å². The largest absolute Gasteiger partial charge is 0.423 e. The molecule has 2 heterocycles. The standard InChI is InChI=1S/C17H23N3O3/c1-19(2)15(16(21)13-6-4-3-5-7-13)17-18-12-14(23-17)20-8-10-22-11-9-20/h3-7,12,15-16,21H,8-11H2,1-2H3. The van der Waals surface area contributed by atoms with Crippen molar-refractivity contribution in [2.75, 3.05) is 45.3 Å². The number of likely N-dealkylation sites (N-methyl/N-ethyl adjacent to an activating group) is 1. The van der Waals surface area contributed by atoms with E-state index < -0.39 is 6.10 Å². The second-order valence-corrected chi connectivity index (χ2v) is 5.90. The zero-order valence-corrected chi connectivity index (χ0v) is 13.6. The average Bonchev–Trinajstić information content (AvgIpc) is 3.06. The van der Waals surface area contributed by atoms with Gasteiger partial charge in [0.25, 0.3) is 0 Å². The minimum Gasteiger partial charge on any atom is -0.423 e. The first kappa shape index (κ1) is 16.0. The Morgan fingerprint density at radius 1 is 1.17 bits per heavy atom. The smallest absolute Gasteiger partial charge is 0.217 e. The number of nitrogens with zero attached hydrogens (tertiary/aromatic N) is 3. The first-order chi connectivity index (χ1) is 11.2. The van der Waals surface area contributed by atoms with Crippen molar-refractivity contribution in [2.45, 2.75) is 12.1 Å². The van der Waals surface area contributed by atoms with Crippen LogP contribution in [0, 0.1) is 0 Å². The number of ether oxygens (including phenoxy) is 1. The van der Waals surface area contributed by atoms with Crippen molar-refractivity contribution in [1.29, 1.82) is 0 Å². The Hall–Kier alpha value is -1.89. The van der Waals surface area contributed by atoms with Crippen LogP contribution >= 0.6 is 0 Å². The fourth-order valence-corrected chi connectivity index (χ4v) is 2.82. The highest BCUT2D eigenvalue weighted by atomic mass is 16.5. The number of hydrogen-bond acceptors (Lipinski definition) is 6. The summed E-state index contributed by atoms with van der Waals surface area (Å²) in [5.74, 6) is 1.25. The monoisotopic (exact) mass is 317 g/mol. The highest BCUT2D eigenvalue weighted by molar-refractivity contribution is 5.33. The van der Waals surface area contributed by atoms with E-state index in [-0.39, 0.29) is 6.04 Å². The third-order valence-corrected chi connectivity index (χ3v) is 4.08. The van der Waals surface area contributed by atoms with Gasteiger partial charge in [-0.15, -0.1) is 0 Å². The van der Waals surface area contributed by atoms with Gasteiger partial charge in [0.05, 0.1) is 19.4 Å². The molecule has 2 unspecified atom stereocenters. The highest BCUT2D eigenvalue weighted by Gasteiger charge is 2.30. The molecule has 2 atom stereocenters. The number of rotatable bonds is 5. The van der Waals surface area contributed by atoms with Gasteiger partial charge in [0.2, 0.25) is 11.8 Å². The van der Waals surface area contributed by atoms with Crippen LogP contribution in [0.3, 0.4) is 0 Å². The van der Waals surface area contributed by atoms with Gasteiger partial charge in [-0.25, -0.2) is 4.98 Å². The Kier molecular flexibility index (Phi) is 4.95. The van der Waals surface area contributed by atoms with E-state index in [0.29, 0.717) is 19.1 Å². The van der Waals surface area contributed by atoms with Gasteiger partial charge in [0.1, 0.15) is 12.1 Å². The molecular weight excluding hydrogens is 294 g/mol. The van der Waals surface area contributed by atoms with Crippen molar-refractivity contribution in [3.63, 3.8) is 0 Å². The second kappa shape index (κ2) is 7.12. The quantitative estimate of drug-likeness (QED) is 0.908. The zero-order valence-electron chi connectivity index (χ0n) is 13.6. The molecule has 2 aromatic rings. The predicted octanol–water partition coefficient (Wildman–Crippen LogP) is 1.85. The maximum Gasteiger partial charge on any atom is 0.217 e. The summed E-state index contributed by atoms with van der Waals surface area (Å²) < 4.78 is 11.3. The van der Waals surface area contributed by atoms with Gasteiger partial charge in [-0.2, -0.15) is 0 Å². The summed E-state index contributed by atoms with van der Waals surface area (Å²) in [5.41, 5.74) is 0.845. The maximum absolute atomic E-state index is 10.7. The molecule has 0 amide bonds. The molecule has 1 aliphatic heterocycles. The number of oxazole rings is 1. The molecule has 1 fully saturated rings. The molecule has 0 saturated carbocycles. The molecule has 0 aliphatic carbocycles. The van der Waals surface area contributed by atoms with Gasteiger partial charge in [0.15, 0.2) is 0 Å². The number of morpholine rings is 1. The Labute approximate surface area is 136 Å². The van der Waals surface area contributed by atoms with E-state index in [4.69, 9.17) is 9.15 Å². The van der Waals surface area contributed by atoms with Gasteiger partial charge < -0.3 is 19.2 Å². The van der Waals surface area contributed by atoms with Crippen molar-refractivity contribution >= 4 is 5.88 Å². The fraction of sp³-hybridized carbons (Fsp3) is 0.471. The van der Waals surface area contributed by atoms with Gasteiger partial charge in [-0.05, 0) is 19.7 Å². The molecule has 0 radical (unpaired) electrons. The highest BCUT2D eigenvalue weighted by Crippen LogP contribution is 2.33. The maximum atomic E-state index is 10.7. The van der Waals surface area contributed by atoms with Crippen LogP contribution in [0.25, 0.3) is 0 Å². The summed E-state index contributed by atoms with van der Waals surface area (Å²) >= 11 is 0. The molecule has 0 spiro atoms. The average molecular weight is 317 g/mol. The van der Waals surface area contributed by atoms with E-state index >= 15 is 0 Å². The Bertz CT molecular complexity index is 609. The lowest BCUT2D eigenvalue weighted by Gasteiger charge is -2.28. The van der Waals surface area contributed by atoms with E-state index in [1.807, 2.05) is 49.3 Å². The van der Waals surface area contributed by atoms with Gasteiger partial charge in [0, 0.05) is 13.1 Å². The molecule has 6 nitrogen and oxygen atoms in total. The normalized spacial score (nSPS) is 18.2. The molecule has 1 N–H and O–H groups in total. The van der Waals surface area contributed by atoms with Crippen LogP contribution in [0.5, 0.6) is 0 Å². The molecule has 23 heavy (non-hydrogen) atoms. The number of benzene rings is 1. The Morgan fingerprint density at radius 2 is 1.87 bits per heavy atom. The molecule has 1 aliphatic rings. The molecule has 3 rings (SSSR count). The minimum absolute atomic E-state index is 0.341. The number of anilines is 1. The predicted molar refractivity (Wildman–Crippen MR) is 87.4 cm³/mol. The first-order valence-corrected chi connectivity index (χ1v) is 7.84. The lowest BCUT2D eigenvalue weighted by Crippen LogP contribution is -2.35. The van der Waals surface area contributed by atoms with Gasteiger partial charge in [-0.1, -0.05) is 30.3 Å². The SMILES string of the molecule is CN(C)C(c1ncc(N2CCOCC2)o1)C(O)c1ccccc1. The summed E-state index contributed by atoms with van der Waals surface area (Å²) in [6.07, 6.45) is 1.02. The van der Waals surface area contributed by atoms with E-state index in [1.165, 1.54) is 0 Å². The summed E-state index contributed by atoms with van der Waals surface area (Å²) in [6.45, 7) is 2.98. The van der Waals surface area contributed by atoms with E-state index in [0.717, 1.165) is 24.5 Å². The minimum atomic E-state index is -0.706. The van der Waals surface area contributed by atoms with E-state index in [1.54, 1.807) is 6.20 Å². The van der Waals surface area contributed by atoms with Crippen molar-refractivity contribution in [2.24, 2.45) is 0 Å². The van der Waals surface area contributed by atoms with Gasteiger partial charge >= 0.3 is 0 Å². The van der Waals surface area contributed by atoms with E-state index in [2.05, 4.69) is 9.88 Å². The van der Waals surface area contributed by atoms with Crippen LogP contribution in [-0.4, -0.2) is 55.4 Å². The van der Waals surface area contributed by atoms with Crippen molar-refractivity contribution in [3.8, 4) is 0 Å². The summed E-state index contributed by atoms with van der Waals surface area (Å²) in [4.78, 5) is 8.44.